The van der Waals surface area contributed by atoms with Gasteiger partial charge in [-0.2, -0.15) is 4.89 Å². The van der Waals surface area contributed by atoms with E-state index in [1.165, 1.54) is 45.6 Å². The largest absolute Gasteiger partial charge is 0.343 e. The van der Waals surface area contributed by atoms with Gasteiger partial charge >= 0.3 is 0 Å². The second-order valence-electron chi connectivity index (χ2n) is 4.84. The van der Waals surface area contributed by atoms with Crippen molar-refractivity contribution in [1.29, 1.82) is 0 Å². The van der Waals surface area contributed by atoms with Crippen LogP contribution in [0.1, 0.15) is 65.2 Å². The van der Waals surface area contributed by atoms with Gasteiger partial charge in [-0.15, -0.1) is 0 Å². The third-order valence-corrected chi connectivity index (χ3v) is 2.69. The van der Waals surface area contributed by atoms with E-state index in [1.54, 1.807) is 0 Å². The van der Waals surface area contributed by atoms with Gasteiger partial charge < -0.3 is 4.89 Å². The Bertz CT molecular complexity index is 164. The van der Waals surface area contributed by atoms with Gasteiger partial charge in [0.2, 0.25) is 0 Å². The normalized spacial score (nSPS) is 10.8. The summed E-state index contributed by atoms with van der Waals surface area (Å²) >= 11 is 0. The van der Waals surface area contributed by atoms with Crippen molar-refractivity contribution in [2.45, 2.75) is 65.2 Å². The van der Waals surface area contributed by atoms with Crippen molar-refractivity contribution in [1.82, 2.24) is 0 Å². The molecule has 0 spiro atoms. The minimum absolute atomic E-state index is 0.738. The third kappa shape index (κ3) is 11.6. The van der Waals surface area contributed by atoms with E-state index >= 15 is 0 Å². The topological polar surface area (TPSA) is 18.5 Å². The van der Waals surface area contributed by atoms with Crippen LogP contribution in [0.3, 0.4) is 0 Å². The Morgan fingerprint density at radius 1 is 1.00 bits per heavy atom. The van der Waals surface area contributed by atoms with Crippen LogP contribution in [-0.4, -0.2) is 7.11 Å². The Morgan fingerprint density at radius 2 is 1.56 bits per heavy atom. The van der Waals surface area contributed by atoms with E-state index < -0.39 is 0 Å². The maximum absolute atomic E-state index is 4.82. The van der Waals surface area contributed by atoms with Gasteiger partial charge in [-0.1, -0.05) is 59.0 Å². The Morgan fingerprint density at radius 3 is 2.12 bits per heavy atom. The quantitative estimate of drug-likeness (QED) is 0.218. The van der Waals surface area contributed by atoms with Crippen molar-refractivity contribution in [3.63, 3.8) is 0 Å². The second-order valence-corrected chi connectivity index (χ2v) is 4.84. The van der Waals surface area contributed by atoms with E-state index in [2.05, 4.69) is 25.3 Å². The molecule has 96 valence electrons. The maximum atomic E-state index is 4.82. The second kappa shape index (κ2) is 11.0. The lowest BCUT2D eigenvalue weighted by atomic mass is 10.0. The van der Waals surface area contributed by atoms with E-state index in [9.17, 15) is 0 Å². The van der Waals surface area contributed by atoms with E-state index in [1.807, 2.05) is 0 Å². The molecule has 0 saturated heterocycles. The van der Waals surface area contributed by atoms with Crippen LogP contribution in [0.5, 0.6) is 0 Å². The van der Waals surface area contributed by atoms with Crippen LogP contribution in [-0.2, 0) is 9.78 Å². The van der Waals surface area contributed by atoms with Crippen molar-refractivity contribution in [3.05, 3.63) is 12.3 Å². The van der Waals surface area contributed by atoms with Gasteiger partial charge in [0.25, 0.3) is 0 Å². The summed E-state index contributed by atoms with van der Waals surface area (Å²) in [5, 5.41) is 0. The number of allylic oxidation sites excluding steroid dienone is 1. The van der Waals surface area contributed by atoms with E-state index in [-0.39, 0.29) is 0 Å². The van der Waals surface area contributed by atoms with E-state index in [0.717, 1.165) is 24.5 Å². The van der Waals surface area contributed by atoms with Crippen molar-refractivity contribution in [2.24, 2.45) is 5.92 Å². The number of hydrogen-bond donors (Lipinski definition) is 0. The maximum Gasteiger partial charge on any atom is 0.135 e. The monoisotopic (exact) mass is 228 g/mol. The Hall–Kier alpha value is -0.500. The zero-order valence-corrected chi connectivity index (χ0v) is 11.3. The fraction of sp³-hybridized carbons (Fsp3) is 0.857. The highest BCUT2D eigenvalue weighted by atomic mass is 17.2. The molecule has 16 heavy (non-hydrogen) atoms. The van der Waals surface area contributed by atoms with Crippen LogP contribution in [0.2, 0.25) is 0 Å². The lowest BCUT2D eigenvalue weighted by molar-refractivity contribution is -0.239. The lowest BCUT2D eigenvalue weighted by Crippen LogP contribution is -1.90. The molecule has 0 aliphatic rings. The predicted molar refractivity (Wildman–Crippen MR) is 69.0 cm³/mol. The summed E-state index contributed by atoms with van der Waals surface area (Å²) in [6.07, 6.45) is 10.2. The van der Waals surface area contributed by atoms with Crippen molar-refractivity contribution >= 4 is 0 Å². The SMILES string of the molecule is C=C(CCCCCCCCC(C)C)OOC. The minimum Gasteiger partial charge on any atom is -0.343 e. The molecule has 2 nitrogen and oxygen atoms in total. The first-order valence-electron chi connectivity index (χ1n) is 6.55. The molecule has 0 aromatic heterocycles. The van der Waals surface area contributed by atoms with E-state index in [4.69, 9.17) is 4.89 Å². The molecule has 0 rings (SSSR count). The summed E-state index contributed by atoms with van der Waals surface area (Å²) in [4.78, 5) is 9.36. The average molecular weight is 228 g/mol. The summed E-state index contributed by atoms with van der Waals surface area (Å²) < 4.78 is 0. The van der Waals surface area contributed by atoms with Crippen LogP contribution >= 0.6 is 0 Å². The molecule has 0 bridgehead atoms. The molecule has 0 amide bonds. The van der Waals surface area contributed by atoms with Crippen LogP contribution in [0.25, 0.3) is 0 Å². The first-order chi connectivity index (χ1) is 7.66. The van der Waals surface area contributed by atoms with Crippen LogP contribution in [0.15, 0.2) is 12.3 Å². The van der Waals surface area contributed by atoms with Crippen molar-refractivity contribution in [3.8, 4) is 0 Å². The summed E-state index contributed by atoms with van der Waals surface area (Å²) in [5.74, 6) is 1.59. The molecule has 0 aromatic rings. The average Bonchev–Trinajstić information content (AvgIpc) is 2.22. The smallest absolute Gasteiger partial charge is 0.135 e. The highest BCUT2D eigenvalue weighted by Gasteiger charge is 1.97. The van der Waals surface area contributed by atoms with E-state index in [0.29, 0.717) is 0 Å². The van der Waals surface area contributed by atoms with Gasteiger partial charge in [-0.3, -0.25) is 0 Å². The molecule has 0 N–H and O–H groups in total. The molecule has 0 unspecified atom stereocenters. The van der Waals surface area contributed by atoms with Gasteiger partial charge in [-0.25, -0.2) is 0 Å². The fourth-order valence-electron chi connectivity index (χ4n) is 1.74. The Kier molecular flexibility index (Phi) is 10.7. The van der Waals surface area contributed by atoms with Gasteiger partial charge in [0.05, 0.1) is 7.11 Å². The van der Waals surface area contributed by atoms with Crippen LogP contribution in [0.4, 0.5) is 0 Å². The molecule has 0 radical (unpaired) electrons. The zero-order valence-electron chi connectivity index (χ0n) is 11.3. The first kappa shape index (κ1) is 15.5. The highest BCUT2D eigenvalue weighted by Crippen LogP contribution is 2.13. The summed E-state index contributed by atoms with van der Waals surface area (Å²) in [7, 11) is 1.51. The van der Waals surface area contributed by atoms with Gasteiger partial charge in [-0.05, 0) is 12.3 Å². The summed E-state index contributed by atoms with van der Waals surface area (Å²) in [6, 6.07) is 0. The van der Waals surface area contributed by atoms with Crippen molar-refractivity contribution in [2.75, 3.05) is 7.11 Å². The molecular formula is C14H28O2. The van der Waals surface area contributed by atoms with Gasteiger partial charge in [0.1, 0.15) is 5.76 Å². The van der Waals surface area contributed by atoms with Crippen LogP contribution in [0, 0.1) is 5.92 Å². The molecule has 0 fully saturated rings. The standard InChI is InChI=1S/C14H28O2/c1-13(2)11-9-7-5-6-8-10-12-14(3)16-15-4/h13H,3,5-12H2,1-2,4H3. The fourth-order valence-corrected chi connectivity index (χ4v) is 1.74. The van der Waals surface area contributed by atoms with Crippen LogP contribution < -0.4 is 0 Å². The molecule has 0 saturated carbocycles. The minimum atomic E-state index is 0.738. The van der Waals surface area contributed by atoms with Gasteiger partial charge in [0.15, 0.2) is 0 Å². The predicted octanol–water partition coefficient (Wildman–Crippen LogP) is 4.85. The third-order valence-electron chi connectivity index (χ3n) is 2.69. The van der Waals surface area contributed by atoms with Gasteiger partial charge in [0, 0.05) is 6.42 Å². The number of rotatable bonds is 11. The summed E-state index contributed by atoms with van der Waals surface area (Å²) in [5.41, 5.74) is 0. The molecular weight excluding hydrogens is 200 g/mol. The highest BCUT2D eigenvalue weighted by molar-refractivity contribution is 4.79. The Labute approximate surface area is 101 Å². The molecule has 0 heterocycles. The molecule has 0 aliphatic heterocycles. The molecule has 2 heteroatoms. The lowest BCUT2D eigenvalue weighted by Gasteiger charge is -2.05. The molecule has 0 aromatic carbocycles. The van der Waals surface area contributed by atoms with Crippen molar-refractivity contribution < 1.29 is 9.78 Å². The number of hydrogen-bond acceptors (Lipinski definition) is 2. The summed E-state index contributed by atoms with van der Waals surface area (Å²) in [6.45, 7) is 8.35. The molecule has 0 atom stereocenters. The zero-order chi connectivity index (χ0) is 12.2. The molecule has 0 aliphatic carbocycles. The first-order valence-corrected chi connectivity index (χ1v) is 6.55. The Balaban J connectivity index is 3.07. The number of unbranched alkanes of at least 4 members (excludes halogenated alkanes) is 5.